The molecule has 114 valence electrons. The van der Waals surface area contributed by atoms with Crippen LogP contribution in [0.2, 0.25) is 5.02 Å². The van der Waals surface area contributed by atoms with E-state index in [1.54, 1.807) is 4.90 Å². The number of aliphatic carboxylic acids is 1. The van der Waals surface area contributed by atoms with Gasteiger partial charge in [0.25, 0.3) is 5.91 Å². The molecule has 2 rings (SSSR count). The van der Waals surface area contributed by atoms with Crippen molar-refractivity contribution >= 4 is 23.5 Å². The molecule has 1 heterocycles. The predicted molar refractivity (Wildman–Crippen MR) is 78.6 cm³/mol. The highest BCUT2D eigenvalue weighted by atomic mass is 35.5. The number of aromatic hydroxyl groups is 1. The van der Waals surface area contributed by atoms with Gasteiger partial charge in [-0.1, -0.05) is 11.6 Å². The molecule has 1 aromatic rings. The highest BCUT2D eigenvalue weighted by molar-refractivity contribution is 6.33. The number of likely N-dealkylation sites (tertiary alicyclic amines) is 1. The van der Waals surface area contributed by atoms with Gasteiger partial charge in [0.15, 0.2) is 0 Å². The van der Waals surface area contributed by atoms with Gasteiger partial charge in [-0.15, -0.1) is 0 Å². The minimum Gasteiger partial charge on any atom is -0.508 e. The lowest BCUT2D eigenvalue weighted by Gasteiger charge is -2.33. The van der Waals surface area contributed by atoms with Crippen LogP contribution in [0.5, 0.6) is 5.75 Å². The van der Waals surface area contributed by atoms with E-state index >= 15 is 0 Å². The number of carboxylic acid groups (broad SMARTS) is 1. The lowest BCUT2D eigenvalue weighted by molar-refractivity contribution is -0.137. The third-order valence-corrected chi connectivity index (χ3v) is 4.08. The van der Waals surface area contributed by atoms with Crippen molar-refractivity contribution in [2.45, 2.75) is 25.7 Å². The fourth-order valence-electron chi connectivity index (χ4n) is 2.66. The number of nitrogens with zero attached hydrogens (tertiary/aromatic N) is 1. The normalized spacial score (nSPS) is 18.5. The molecule has 0 aromatic heterocycles. The fraction of sp³-hybridized carbons (Fsp3) is 0.467. The van der Waals surface area contributed by atoms with E-state index in [1.807, 2.05) is 0 Å². The molecule has 0 radical (unpaired) electrons. The Hall–Kier alpha value is -1.75. The molecule has 21 heavy (non-hydrogen) atoms. The summed E-state index contributed by atoms with van der Waals surface area (Å²) >= 11 is 6.01. The molecule has 0 saturated carbocycles. The second-order valence-corrected chi connectivity index (χ2v) is 5.76. The number of phenols is 1. The first kappa shape index (κ1) is 15.6. The molecule has 0 bridgehead atoms. The average molecular weight is 312 g/mol. The Balaban J connectivity index is 2.05. The molecule has 1 aliphatic rings. The Labute approximate surface area is 128 Å². The maximum Gasteiger partial charge on any atom is 0.303 e. The summed E-state index contributed by atoms with van der Waals surface area (Å²) in [5, 5.41) is 18.5. The van der Waals surface area contributed by atoms with E-state index in [2.05, 4.69) is 0 Å². The SMILES string of the molecule is O=C(O)CCC1CCCN(C(=O)c2cc(O)ccc2Cl)C1. The Morgan fingerprint density at radius 3 is 2.86 bits per heavy atom. The third-order valence-electron chi connectivity index (χ3n) is 3.75. The Kier molecular flexibility index (Phi) is 5.07. The Bertz CT molecular complexity index is 546. The number of rotatable bonds is 4. The van der Waals surface area contributed by atoms with Gasteiger partial charge in [0, 0.05) is 19.5 Å². The van der Waals surface area contributed by atoms with E-state index in [4.69, 9.17) is 16.7 Å². The second kappa shape index (κ2) is 6.80. The van der Waals surface area contributed by atoms with E-state index in [1.165, 1.54) is 18.2 Å². The van der Waals surface area contributed by atoms with Gasteiger partial charge in [0.05, 0.1) is 10.6 Å². The van der Waals surface area contributed by atoms with Crippen molar-refractivity contribution in [1.29, 1.82) is 0 Å². The number of carbonyl (C=O) groups is 2. The number of phenolic OH excluding ortho intramolecular Hbond substituents is 1. The molecule has 1 fully saturated rings. The number of hydrogen-bond donors (Lipinski definition) is 2. The summed E-state index contributed by atoms with van der Waals surface area (Å²) in [6, 6.07) is 4.30. The summed E-state index contributed by atoms with van der Waals surface area (Å²) in [6.45, 7) is 1.17. The average Bonchev–Trinajstić information content (AvgIpc) is 2.47. The molecule has 1 aromatic carbocycles. The minimum atomic E-state index is -0.811. The molecule has 1 unspecified atom stereocenters. The molecular weight excluding hydrogens is 294 g/mol. The van der Waals surface area contributed by atoms with Gasteiger partial charge in [0.2, 0.25) is 0 Å². The lowest BCUT2D eigenvalue weighted by atomic mass is 9.93. The standard InChI is InChI=1S/C15H18ClNO4/c16-13-5-4-11(18)8-12(13)15(21)17-7-1-2-10(9-17)3-6-14(19)20/h4-5,8,10,18H,1-3,6-7,9H2,(H,19,20). The number of piperidine rings is 1. The summed E-state index contributed by atoms with van der Waals surface area (Å²) in [5.41, 5.74) is 0.288. The van der Waals surface area contributed by atoms with E-state index in [9.17, 15) is 14.7 Å². The molecule has 6 heteroatoms. The Morgan fingerprint density at radius 2 is 2.14 bits per heavy atom. The van der Waals surface area contributed by atoms with Crippen LogP contribution in [0.4, 0.5) is 0 Å². The van der Waals surface area contributed by atoms with Crippen LogP contribution in [0.1, 0.15) is 36.0 Å². The second-order valence-electron chi connectivity index (χ2n) is 5.36. The molecule has 1 amide bonds. The summed E-state index contributed by atoms with van der Waals surface area (Å²) in [6.07, 6.45) is 2.49. The summed E-state index contributed by atoms with van der Waals surface area (Å²) in [7, 11) is 0. The van der Waals surface area contributed by atoms with Crippen molar-refractivity contribution in [3.8, 4) is 5.75 Å². The maximum atomic E-state index is 12.5. The zero-order valence-electron chi connectivity index (χ0n) is 11.6. The predicted octanol–water partition coefficient (Wildman–Crippen LogP) is 2.76. The Morgan fingerprint density at radius 1 is 1.38 bits per heavy atom. The van der Waals surface area contributed by atoms with Crippen LogP contribution < -0.4 is 0 Å². The quantitative estimate of drug-likeness (QED) is 0.896. The van der Waals surface area contributed by atoms with Crippen molar-refractivity contribution in [3.63, 3.8) is 0 Å². The zero-order valence-corrected chi connectivity index (χ0v) is 12.3. The van der Waals surface area contributed by atoms with Crippen LogP contribution in [0, 0.1) is 5.92 Å². The van der Waals surface area contributed by atoms with Crippen molar-refractivity contribution in [2.75, 3.05) is 13.1 Å². The summed E-state index contributed by atoms with van der Waals surface area (Å²) < 4.78 is 0. The van der Waals surface area contributed by atoms with Crippen LogP contribution in [0.25, 0.3) is 0 Å². The lowest BCUT2D eigenvalue weighted by Crippen LogP contribution is -2.40. The smallest absolute Gasteiger partial charge is 0.303 e. The van der Waals surface area contributed by atoms with Crippen molar-refractivity contribution in [3.05, 3.63) is 28.8 Å². The fourth-order valence-corrected chi connectivity index (χ4v) is 2.86. The van der Waals surface area contributed by atoms with Crippen molar-refractivity contribution in [2.24, 2.45) is 5.92 Å². The highest BCUT2D eigenvalue weighted by Crippen LogP contribution is 2.26. The number of carbonyl (C=O) groups excluding carboxylic acids is 1. The molecule has 1 aliphatic heterocycles. The number of halogens is 1. The van der Waals surface area contributed by atoms with Gasteiger partial charge >= 0.3 is 5.97 Å². The van der Waals surface area contributed by atoms with Crippen LogP contribution in [0.15, 0.2) is 18.2 Å². The molecule has 2 N–H and O–H groups in total. The van der Waals surface area contributed by atoms with Crippen LogP contribution >= 0.6 is 11.6 Å². The van der Waals surface area contributed by atoms with Gasteiger partial charge in [0.1, 0.15) is 5.75 Å². The molecule has 1 atom stereocenters. The van der Waals surface area contributed by atoms with Crippen LogP contribution in [-0.4, -0.2) is 40.1 Å². The van der Waals surface area contributed by atoms with E-state index in [0.717, 1.165) is 12.8 Å². The monoisotopic (exact) mass is 311 g/mol. The molecular formula is C15H18ClNO4. The number of hydrogen-bond acceptors (Lipinski definition) is 3. The first-order valence-electron chi connectivity index (χ1n) is 6.97. The van der Waals surface area contributed by atoms with Crippen molar-refractivity contribution in [1.82, 2.24) is 4.90 Å². The zero-order chi connectivity index (χ0) is 15.4. The first-order valence-corrected chi connectivity index (χ1v) is 7.34. The third kappa shape index (κ3) is 4.11. The number of benzene rings is 1. The topological polar surface area (TPSA) is 77.8 Å². The molecule has 0 spiro atoms. The van der Waals surface area contributed by atoms with Gasteiger partial charge in [-0.3, -0.25) is 9.59 Å². The minimum absolute atomic E-state index is 0.00202. The number of amides is 1. The molecule has 0 aliphatic carbocycles. The number of carboxylic acids is 1. The largest absolute Gasteiger partial charge is 0.508 e. The van der Waals surface area contributed by atoms with Gasteiger partial charge in [-0.05, 0) is 43.4 Å². The highest BCUT2D eigenvalue weighted by Gasteiger charge is 2.26. The van der Waals surface area contributed by atoms with E-state index in [0.29, 0.717) is 24.5 Å². The van der Waals surface area contributed by atoms with E-state index in [-0.39, 0.29) is 29.6 Å². The maximum absolute atomic E-state index is 12.5. The molecule has 5 nitrogen and oxygen atoms in total. The first-order chi connectivity index (χ1) is 9.97. The van der Waals surface area contributed by atoms with Crippen LogP contribution in [-0.2, 0) is 4.79 Å². The van der Waals surface area contributed by atoms with Crippen molar-refractivity contribution < 1.29 is 19.8 Å². The van der Waals surface area contributed by atoms with Crippen LogP contribution in [0.3, 0.4) is 0 Å². The van der Waals surface area contributed by atoms with Gasteiger partial charge < -0.3 is 15.1 Å². The molecule has 1 saturated heterocycles. The summed E-state index contributed by atoms with van der Waals surface area (Å²) in [4.78, 5) is 24.8. The van der Waals surface area contributed by atoms with Gasteiger partial charge in [-0.2, -0.15) is 0 Å². The summed E-state index contributed by atoms with van der Waals surface area (Å²) in [5.74, 6) is -0.817. The van der Waals surface area contributed by atoms with Gasteiger partial charge in [-0.25, -0.2) is 0 Å². The van der Waals surface area contributed by atoms with E-state index < -0.39 is 5.97 Å².